The molecule has 24 heavy (non-hydrogen) atoms. The number of alkyl halides is 2. The van der Waals surface area contributed by atoms with Crippen molar-refractivity contribution in [2.45, 2.75) is 25.3 Å². The zero-order chi connectivity index (χ0) is 17.3. The SMILES string of the molecule is Cc1ccc(C(=O)N2CCN(C(=O)C3CC(F)(F)CN3)CC2)cc1. The Bertz CT molecular complexity index is 625. The topological polar surface area (TPSA) is 52.7 Å². The molecule has 0 spiro atoms. The van der Waals surface area contributed by atoms with E-state index < -0.39 is 24.9 Å². The van der Waals surface area contributed by atoms with Crippen molar-refractivity contribution < 1.29 is 18.4 Å². The van der Waals surface area contributed by atoms with Crippen LogP contribution in [-0.2, 0) is 4.79 Å². The average molecular weight is 337 g/mol. The van der Waals surface area contributed by atoms with Gasteiger partial charge in [0.15, 0.2) is 0 Å². The Balaban J connectivity index is 1.55. The quantitative estimate of drug-likeness (QED) is 0.884. The molecule has 1 atom stereocenters. The second-order valence-electron chi connectivity index (χ2n) is 6.48. The molecule has 2 aliphatic heterocycles. The molecule has 1 unspecified atom stereocenters. The Labute approximate surface area is 139 Å². The first kappa shape index (κ1) is 16.8. The monoisotopic (exact) mass is 337 g/mol. The molecule has 0 saturated carbocycles. The number of carbonyl (C=O) groups excluding carboxylic acids is 2. The lowest BCUT2D eigenvalue weighted by Gasteiger charge is -2.36. The fourth-order valence-corrected chi connectivity index (χ4v) is 3.12. The van der Waals surface area contributed by atoms with Crippen LogP contribution < -0.4 is 5.32 Å². The van der Waals surface area contributed by atoms with Crippen molar-refractivity contribution in [3.05, 3.63) is 35.4 Å². The third kappa shape index (κ3) is 3.56. The fraction of sp³-hybridized carbons (Fsp3) is 0.529. The summed E-state index contributed by atoms with van der Waals surface area (Å²) in [6.45, 7) is 3.10. The predicted molar refractivity (Wildman–Crippen MR) is 85.0 cm³/mol. The summed E-state index contributed by atoms with van der Waals surface area (Å²) >= 11 is 0. The van der Waals surface area contributed by atoms with Gasteiger partial charge in [0, 0.05) is 38.2 Å². The third-order valence-corrected chi connectivity index (χ3v) is 4.59. The van der Waals surface area contributed by atoms with E-state index in [0.29, 0.717) is 31.7 Å². The second-order valence-corrected chi connectivity index (χ2v) is 6.48. The van der Waals surface area contributed by atoms with E-state index in [4.69, 9.17) is 0 Å². The van der Waals surface area contributed by atoms with Crippen molar-refractivity contribution in [2.24, 2.45) is 0 Å². The number of hydrogen-bond donors (Lipinski definition) is 1. The fourth-order valence-electron chi connectivity index (χ4n) is 3.12. The molecule has 0 aromatic heterocycles. The highest BCUT2D eigenvalue weighted by molar-refractivity contribution is 5.94. The molecule has 1 aromatic carbocycles. The van der Waals surface area contributed by atoms with Crippen LogP contribution in [0, 0.1) is 6.92 Å². The minimum absolute atomic E-state index is 0.0624. The van der Waals surface area contributed by atoms with Crippen LogP contribution in [0.15, 0.2) is 24.3 Å². The Morgan fingerprint density at radius 1 is 1.08 bits per heavy atom. The maximum atomic E-state index is 13.2. The Morgan fingerprint density at radius 3 is 2.21 bits per heavy atom. The van der Waals surface area contributed by atoms with E-state index in [2.05, 4.69) is 5.32 Å². The van der Waals surface area contributed by atoms with Gasteiger partial charge in [-0.25, -0.2) is 8.78 Å². The third-order valence-electron chi connectivity index (χ3n) is 4.59. The molecule has 2 saturated heterocycles. The summed E-state index contributed by atoms with van der Waals surface area (Å²) in [4.78, 5) is 28.0. The number of hydrogen-bond acceptors (Lipinski definition) is 3. The number of nitrogens with one attached hydrogen (secondary N) is 1. The highest BCUT2D eigenvalue weighted by atomic mass is 19.3. The van der Waals surface area contributed by atoms with E-state index in [1.165, 1.54) is 0 Å². The van der Waals surface area contributed by atoms with Crippen molar-refractivity contribution in [1.29, 1.82) is 0 Å². The van der Waals surface area contributed by atoms with Crippen LogP contribution >= 0.6 is 0 Å². The molecular formula is C17H21F2N3O2. The molecule has 5 nitrogen and oxygen atoms in total. The lowest BCUT2D eigenvalue weighted by molar-refractivity contribution is -0.135. The number of aryl methyl sites for hydroxylation is 1. The first-order chi connectivity index (χ1) is 11.4. The van der Waals surface area contributed by atoms with Crippen LogP contribution in [0.3, 0.4) is 0 Å². The minimum Gasteiger partial charge on any atom is -0.338 e. The molecule has 7 heteroatoms. The summed E-state index contributed by atoms with van der Waals surface area (Å²) in [5, 5.41) is 2.59. The van der Waals surface area contributed by atoms with Gasteiger partial charge in [-0.15, -0.1) is 0 Å². The first-order valence-corrected chi connectivity index (χ1v) is 8.12. The smallest absolute Gasteiger partial charge is 0.262 e. The van der Waals surface area contributed by atoms with Gasteiger partial charge in [-0.2, -0.15) is 0 Å². The zero-order valence-electron chi connectivity index (χ0n) is 13.6. The molecule has 130 valence electrons. The van der Waals surface area contributed by atoms with Gasteiger partial charge in [0.1, 0.15) is 0 Å². The summed E-state index contributed by atoms with van der Waals surface area (Å²) in [5.41, 5.74) is 1.71. The lowest BCUT2D eigenvalue weighted by atomic mass is 10.1. The number of amides is 2. The van der Waals surface area contributed by atoms with Gasteiger partial charge in [-0.3, -0.25) is 14.9 Å². The van der Waals surface area contributed by atoms with Gasteiger partial charge in [0.25, 0.3) is 11.8 Å². The normalized spacial score (nSPS) is 23.4. The molecule has 1 N–H and O–H groups in total. The number of rotatable bonds is 2. The van der Waals surface area contributed by atoms with E-state index in [0.717, 1.165) is 5.56 Å². The average Bonchev–Trinajstić information content (AvgIpc) is 2.94. The number of piperazine rings is 1. The van der Waals surface area contributed by atoms with E-state index in [1.54, 1.807) is 21.9 Å². The van der Waals surface area contributed by atoms with Crippen LogP contribution in [0.2, 0.25) is 0 Å². The lowest BCUT2D eigenvalue weighted by Crippen LogP contribution is -2.54. The van der Waals surface area contributed by atoms with Gasteiger partial charge in [0.05, 0.1) is 12.6 Å². The number of benzene rings is 1. The molecule has 0 bridgehead atoms. The van der Waals surface area contributed by atoms with Crippen LogP contribution in [0.1, 0.15) is 22.3 Å². The number of nitrogens with zero attached hydrogens (tertiary/aromatic N) is 2. The van der Waals surface area contributed by atoms with Crippen molar-refractivity contribution in [2.75, 3.05) is 32.7 Å². The van der Waals surface area contributed by atoms with Gasteiger partial charge >= 0.3 is 0 Å². The largest absolute Gasteiger partial charge is 0.338 e. The van der Waals surface area contributed by atoms with Gasteiger partial charge < -0.3 is 9.80 Å². The van der Waals surface area contributed by atoms with Gasteiger partial charge in [-0.05, 0) is 19.1 Å². The van der Waals surface area contributed by atoms with Crippen LogP contribution in [0.25, 0.3) is 0 Å². The van der Waals surface area contributed by atoms with E-state index >= 15 is 0 Å². The molecule has 0 radical (unpaired) electrons. The van der Waals surface area contributed by atoms with E-state index in [9.17, 15) is 18.4 Å². The van der Waals surface area contributed by atoms with Crippen LogP contribution in [-0.4, -0.2) is 66.3 Å². The highest BCUT2D eigenvalue weighted by Crippen LogP contribution is 2.26. The highest BCUT2D eigenvalue weighted by Gasteiger charge is 2.43. The molecule has 1 aromatic rings. The molecule has 0 aliphatic carbocycles. The maximum absolute atomic E-state index is 13.2. The molecule has 2 amide bonds. The van der Waals surface area contributed by atoms with E-state index in [1.807, 2.05) is 19.1 Å². The molecule has 2 heterocycles. The Kier molecular flexibility index (Phi) is 4.54. The van der Waals surface area contributed by atoms with E-state index in [-0.39, 0.29) is 11.8 Å². The molecule has 2 aliphatic rings. The summed E-state index contributed by atoms with van der Waals surface area (Å²) < 4.78 is 26.4. The van der Waals surface area contributed by atoms with Crippen LogP contribution in [0.4, 0.5) is 8.78 Å². The van der Waals surface area contributed by atoms with Crippen molar-refractivity contribution in [3.63, 3.8) is 0 Å². The van der Waals surface area contributed by atoms with Crippen molar-refractivity contribution in [3.8, 4) is 0 Å². The summed E-state index contributed by atoms with van der Waals surface area (Å²) in [7, 11) is 0. The van der Waals surface area contributed by atoms with Crippen LogP contribution in [0.5, 0.6) is 0 Å². The van der Waals surface area contributed by atoms with Gasteiger partial charge in [-0.1, -0.05) is 17.7 Å². The summed E-state index contributed by atoms with van der Waals surface area (Å²) in [6.07, 6.45) is -0.450. The zero-order valence-corrected chi connectivity index (χ0v) is 13.6. The summed E-state index contributed by atoms with van der Waals surface area (Å²) in [5.74, 6) is -3.17. The molecule has 3 rings (SSSR count). The Morgan fingerprint density at radius 2 is 1.67 bits per heavy atom. The predicted octanol–water partition coefficient (Wildman–Crippen LogP) is 1.28. The standard InChI is InChI=1S/C17H21F2N3O2/c1-12-2-4-13(5-3-12)15(23)21-6-8-22(9-7-21)16(24)14-10-17(18,19)11-20-14/h2-5,14,20H,6-11H2,1H3. The molecule has 2 fully saturated rings. The molecular weight excluding hydrogens is 316 g/mol. The Hall–Kier alpha value is -2.02. The minimum atomic E-state index is -2.82. The second kappa shape index (κ2) is 6.47. The first-order valence-electron chi connectivity index (χ1n) is 8.12. The van der Waals surface area contributed by atoms with Gasteiger partial charge in [0.2, 0.25) is 5.91 Å². The number of carbonyl (C=O) groups is 2. The van der Waals surface area contributed by atoms with Crippen molar-refractivity contribution in [1.82, 2.24) is 15.1 Å². The summed E-state index contributed by atoms with van der Waals surface area (Å²) in [6, 6.07) is 6.54. The number of halogens is 2. The van der Waals surface area contributed by atoms with Crippen molar-refractivity contribution >= 4 is 11.8 Å². The maximum Gasteiger partial charge on any atom is 0.262 e.